The van der Waals surface area contributed by atoms with Crippen LogP contribution in [0.5, 0.6) is 5.75 Å². The lowest BCUT2D eigenvalue weighted by Crippen LogP contribution is -2.55. The molecule has 4 rings (SSSR count). The lowest BCUT2D eigenvalue weighted by molar-refractivity contribution is -0.158. The third kappa shape index (κ3) is 6.12. The lowest BCUT2D eigenvalue weighted by Gasteiger charge is -2.35. The summed E-state index contributed by atoms with van der Waals surface area (Å²) >= 11 is 0. The number of ether oxygens (including phenoxy) is 3. The fourth-order valence-corrected chi connectivity index (χ4v) is 5.69. The maximum Gasteiger partial charge on any atom is 0.404 e. The van der Waals surface area contributed by atoms with Gasteiger partial charge in [0.25, 0.3) is 11.8 Å². The number of hydrogen-bond donors (Lipinski definition) is 1. The number of benzene rings is 1. The zero-order chi connectivity index (χ0) is 26.9. The molecule has 3 aliphatic rings. The van der Waals surface area contributed by atoms with E-state index in [0.29, 0.717) is 25.0 Å². The van der Waals surface area contributed by atoms with E-state index in [1.165, 1.54) is 11.0 Å². The predicted octanol–water partition coefficient (Wildman–Crippen LogP) is 3.01. The summed E-state index contributed by atoms with van der Waals surface area (Å²) in [6.45, 7) is 7.03. The van der Waals surface area contributed by atoms with Crippen LogP contribution in [0.1, 0.15) is 48.0 Å². The highest BCUT2D eigenvalue weighted by Gasteiger charge is 2.43. The van der Waals surface area contributed by atoms with Crippen LogP contribution in [0.2, 0.25) is 25.7 Å². The molecule has 202 valence electrons. The minimum atomic E-state index is -1.33. The highest BCUT2D eigenvalue weighted by atomic mass is 28.3. The third-order valence-corrected chi connectivity index (χ3v) is 8.71. The second kappa shape index (κ2) is 10.8. The maximum atomic E-state index is 14.9. The molecule has 1 aromatic carbocycles. The van der Waals surface area contributed by atoms with Crippen molar-refractivity contribution in [2.45, 2.75) is 82.6 Å². The third-order valence-electron chi connectivity index (χ3n) is 7.00. The van der Waals surface area contributed by atoms with Gasteiger partial charge in [-0.1, -0.05) is 19.6 Å². The fraction of sp³-hybridized carbons (Fsp3) is 0.600. The zero-order valence-corrected chi connectivity index (χ0v) is 22.5. The first-order valence-corrected chi connectivity index (χ1v) is 16.3. The van der Waals surface area contributed by atoms with Gasteiger partial charge in [0.15, 0.2) is 11.6 Å². The Balaban J connectivity index is 1.44. The molecule has 1 saturated heterocycles. The normalized spacial score (nSPS) is 24.0. The average Bonchev–Trinajstić information content (AvgIpc) is 3.36. The number of hydrogen-bond acceptors (Lipinski definition) is 7. The van der Waals surface area contributed by atoms with Crippen LogP contribution in [0, 0.1) is 5.82 Å². The van der Waals surface area contributed by atoms with Crippen LogP contribution in [-0.2, 0) is 25.6 Å². The molecule has 1 unspecified atom stereocenters. The van der Waals surface area contributed by atoms with E-state index in [4.69, 9.17) is 19.9 Å². The van der Waals surface area contributed by atoms with Crippen molar-refractivity contribution in [1.82, 2.24) is 9.80 Å². The molecular weight excluding hydrogens is 501 g/mol. The zero-order valence-electron chi connectivity index (χ0n) is 21.5. The molecule has 0 radical (unpaired) electrons. The van der Waals surface area contributed by atoms with Gasteiger partial charge in [0.2, 0.25) is 5.91 Å². The Morgan fingerprint density at radius 2 is 1.86 bits per heavy atom. The number of likely N-dealkylation sites (tertiary alicyclic amines) is 1. The summed E-state index contributed by atoms with van der Waals surface area (Å²) in [6, 6.07) is 2.63. The van der Waals surface area contributed by atoms with Gasteiger partial charge in [0.05, 0.1) is 0 Å². The van der Waals surface area contributed by atoms with E-state index in [-0.39, 0.29) is 43.3 Å². The van der Waals surface area contributed by atoms with Gasteiger partial charge < -0.3 is 24.8 Å². The molecule has 2 N–H and O–H groups in total. The van der Waals surface area contributed by atoms with Crippen LogP contribution in [-0.4, -0.2) is 73.3 Å². The van der Waals surface area contributed by atoms with Crippen molar-refractivity contribution < 1.29 is 37.8 Å². The molecular formula is C25H34FN3O7Si. The Labute approximate surface area is 216 Å². The topological polar surface area (TPSA) is 128 Å². The molecule has 0 spiro atoms. The quantitative estimate of drug-likeness (QED) is 0.292. The molecule has 1 aliphatic carbocycles. The summed E-state index contributed by atoms with van der Waals surface area (Å²) in [6.07, 6.45) is 0.147. The second-order valence-electron chi connectivity index (χ2n) is 11.0. The second-order valence-corrected chi connectivity index (χ2v) is 16.6. The number of nitrogens with zero attached hydrogens (tertiary/aromatic N) is 2. The first kappa shape index (κ1) is 27.1. The first-order valence-electron chi connectivity index (χ1n) is 12.6. The summed E-state index contributed by atoms with van der Waals surface area (Å²) < 4.78 is 31.4. The minimum absolute atomic E-state index is 0.0547. The molecule has 10 nitrogen and oxygen atoms in total. The van der Waals surface area contributed by atoms with E-state index in [9.17, 15) is 23.6 Å². The van der Waals surface area contributed by atoms with E-state index in [1.54, 1.807) is 0 Å². The Morgan fingerprint density at radius 3 is 2.57 bits per heavy atom. The smallest absolute Gasteiger partial charge is 0.404 e. The standard InChI is InChI=1S/C25H34FN3O7Si/c1-37(2,3)10-9-34-14-29-22(30)8-7-18(24(29)32)28-13-15-11-21(17(26)12-16(15)23(28)31)35-19-5-4-6-20(19)36-25(27)33/h11-12,18-20H,4-10,13-14H2,1-3H3,(H2,27,33)/t18?,19-,20-/m0/s1. The van der Waals surface area contributed by atoms with Crippen molar-refractivity contribution in [3.05, 3.63) is 29.1 Å². The van der Waals surface area contributed by atoms with Crippen molar-refractivity contribution in [2.75, 3.05) is 13.3 Å². The number of piperidine rings is 1. The van der Waals surface area contributed by atoms with Gasteiger partial charge in [-0.05, 0) is 49.4 Å². The number of primary amides is 1. The Hall–Kier alpha value is -2.99. The van der Waals surface area contributed by atoms with E-state index >= 15 is 0 Å². The van der Waals surface area contributed by atoms with E-state index in [2.05, 4.69) is 19.6 Å². The van der Waals surface area contributed by atoms with Crippen molar-refractivity contribution in [1.29, 1.82) is 0 Å². The van der Waals surface area contributed by atoms with E-state index in [1.807, 2.05) is 0 Å². The number of imide groups is 1. The van der Waals surface area contributed by atoms with Gasteiger partial charge >= 0.3 is 6.09 Å². The summed E-state index contributed by atoms with van der Waals surface area (Å²) in [5.41, 5.74) is 5.80. The average molecular weight is 536 g/mol. The molecule has 3 atom stereocenters. The van der Waals surface area contributed by atoms with E-state index < -0.39 is 50.0 Å². The number of carbonyl (C=O) groups is 4. The highest BCUT2D eigenvalue weighted by molar-refractivity contribution is 6.76. The van der Waals surface area contributed by atoms with Crippen LogP contribution in [0.15, 0.2) is 12.1 Å². The number of amides is 4. The molecule has 12 heteroatoms. The summed E-state index contributed by atoms with van der Waals surface area (Å²) in [5, 5.41) is 0. The predicted molar refractivity (Wildman–Crippen MR) is 133 cm³/mol. The first-order chi connectivity index (χ1) is 17.4. The van der Waals surface area contributed by atoms with Gasteiger partial charge in [0.1, 0.15) is 25.0 Å². The van der Waals surface area contributed by atoms with Crippen molar-refractivity contribution >= 4 is 31.9 Å². The Kier molecular flexibility index (Phi) is 7.88. The molecule has 0 aromatic heterocycles. The summed E-state index contributed by atoms with van der Waals surface area (Å²) in [5.74, 6) is -2.06. The highest BCUT2D eigenvalue weighted by Crippen LogP contribution is 2.35. The maximum absolute atomic E-state index is 14.9. The van der Waals surface area contributed by atoms with Gasteiger partial charge in [-0.15, -0.1) is 0 Å². The lowest BCUT2D eigenvalue weighted by atomic mass is 10.0. The number of nitrogens with two attached hydrogens (primary N) is 1. The molecule has 2 heterocycles. The monoisotopic (exact) mass is 535 g/mol. The minimum Gasteiger partial charge on any atom is -0.483 e. The SMILES string of the molecule is C[Si](C)(C)CCOCN1C(=O)CCC(N2Cc3cc(O[C@H]4CCC[C@@H]4OC(N)=O)c(F)cc3C2=O)C1=O. The van der Waals surface area contributed by atoms with Crippen molar-refractivity contribution in [3.63, 3.8) is 0 Å². The molecule has 1 aromatic rings. The van der Waals surface area contributed by atoms with Gasteiger partial charge in [-0.2, -0.15) is 0 Å². The van der Waals surface area contributed by atoms with E-state index in [0.717, 1.165) is 23.4 Å². The van der Waals surface area contributed by atoms with Crippen molar-refractivity contribution in [2.24, 2.45) is 5.73 Å². The number of halogens is 1. The molecule has 2 aliphatic heterocycles. The van der Waals surface area contributed by atoms with Crippen LogP contribution < -0.4 is 10.5 Å². The van der Waals surface area contributed by atoms with Gasteiger partial charge in [0, 0.05) is 33.2 Å². The van der Waals surface area contributed by atoms with Crippen LogP contribution >= 0.6 is 0 Å². The van der Waals surface area contributed by atoms with Crippen molar-refractivity contribution in [3.8, 4) is 5.75 Å². The van der Waals surface area contributed by atoms with Gasteiger partial charge in [-0.25, -0.2) is 9.18 Å². The number of carbonyl (C=O) groups excluding carboxylic acids is 4. The Bertz CT molecular complexity index is 1090. The molecule has 2 fully saturated rings. The largest absolute Gasteiger partial charge is 0.483 e. The number of fused-ring (bicyclic) bond motifs is 1. The van der Waals surface area contributed by atoms with Crippen LogP contribution in [0.4, 0.5) is 9.18 Å². The summed E-state index contributed by atoms with van der Waals surface area (Å²) in [4.78, 5) is 52.4. The van der Waals surface area contributed by atoms with Crippen LogP contribution in [0.25, 0.3) is 0 Å². The summed E-state index contributed by atoms with van der Waals surface area (Å²) in [7, 11) is -1.33. The molecule has 0 bridgehead atoms. The number of rotatable bonds is 9. The Morgan fingerprint density at radius 1 is 1.14 bits per heavy atom. The molecule has 1 saturated carbocycles. The molecule has 37 heavy (non-hydrogen) atoms. The van der Waals surface area contributed by atoms with Gasteiger partial charge in [-0.3, -0.25) is 19.3 Å². The molecule has 4 amide bonds. The fourth-order valence-electron chi connectivity index (χ4n) is 4.93. The van der Waals surface area contributed by atoms with Crippen LogP contribution in [0.3, 0.4) is 0 Å².